The lowest BCUT2D eigenvalue weighted by Crippen LogP contribution is -2.49. The maximum atomic E-state index is 12.6. The number of esters is 1. The Morgan fingerprint density at radius 2 is 1.88 bits per heavy atom. The fourth-order valence-corrected chi connectivity index (χ4v) is 5.88. The van der Waals surface area contributed by atoms with Crippen LogP contribution in [0.25, 0.3) is 22.6 Å². The highest BCUT2D eigenvalue weighted by Crippen LogP contribution is 2.36. The second-order valence-corrected chi connectivity index (χ2v) is 11.8. The predicted octanol–water partition coefficient (Wildman–Crippen LogP) is 3.99. The normalized spacial score (nSPS) is 17.3. The third-order valence-electron chi connectivity index (χ3n) is 7.64. The van der Waals surface area contributed by atoms with Crippen LogP contribution in [0.3, 0.4) is 0 Å². The number of aryl methyl sites for hydroxylation is 2. The summed E-state index contributed by atoms with van der Waals surface area (Å²) in [5, 5.41) is 13.4. The number of amides is 1. The first-order valence-electron chi connectivity index (χ1n) is 14.3. The minimum atomic E-state index is -0.926. The van der Waals surface area contributed by atoms with Crippen molar-refractivity contribution in [2.45, 2.75) is 91.8 Å². The minimum Gasteiger partial charge on any atom is -0.466 e. The number of anilines is 1. The number of likely N-dealkylation sites (tertiary alicyclic amines) is 1. The number of hydrogen-bond acceptors (Lipinski definition) is 8. The highest BCUT2D eigenvalue weighted by molar-refractivity contribution is 5.84. The van der Waals surface area contributed by atoms with Crippen molar-refractivity contribution in [1.82, 2.24) is 24.4 Å². The lowest BCUT2D eigenvalue weighted by Gasteiger charge is -2.37. The Morgan fingerprint density at radius 3 is 2.56 bits per heavy atom. The molecule has 0 spiro atoms. The van der Waals surface area contributed by atoms with Gasteiger partial charge in [-0.15, -0.1) is 0 Å². The van der Waals surface area contributed by atoms with E-state index in [4.69, 9.17) is 4.74 Å². The Labute approximate surface area is 238 Å². The van der Waals surface area contributed by atoms with Crippen LogP contribution in [0.4, 0.5) is 10.5 Å². The Bertz CT molecular complexity index is 1510. The van der Waals surface area contributed by atoms with Gasteiger partial charge in [0.05, 0.1) is 23.7 Å². The van der Waals surface area contributed by atoms with Gasteiger partial charge in [-0.2, -0.15) is 4.98 Å². The fourth-order valence-electron chi connectivity index (χ4n) is 5.88. The average molecular weight is 569 g/mol. The summed E-state index contributed by atoms with van der Waals surface area (Å²) in [5.41, 5.74) is 1.55. The molecule has 3 aliphatic heterocycles. The van der Waals surface area contributed by atoms with Crippen LogP contribution in [-0.2, 0) is 16.1 Å². The van der Waals surface area contributed by atoms with Gasteiger partial charge in [-0.25, -0.2) is 14.6 Å². The van der Waals surface area contributed by atoms with Gasteiger partial charge in [0.15, 0.2) is 11.5 Å². The number of rotatable bonds is 10. The molecule has 1 amide bonds. The van der Waals surface area contributed by atoms with Gasteiger partial charge < -0.3 is 24.6 Å². The van der Waals surface area contributed by atoms with Gasteiger partial charge in [0.2, 0.25) is 0 Å². The van der Waals surface area contributed by atoms with Gasteiger partial charge in [0, 0.05) is 31.2 Å². The molecular formula is C29H40N6O6. The van der Waals surface area contributed by atoms with Crippen molar-refractivity contribution in [1.29, 1.82) is 0 Å². The molecule has 1 aromatic carbocycles. The van der Waals surface area contributed by atoms with Crippen molar-refractivity contribution in [2.24, 2.45) is 5.41 Å². The summed E-state index contributed by atoms with van der Waals surface area (Å²) in [7, 11) is 0. The molecule has 1 saturated heterocycles. The number of carbonyl (C=O) groups is 2. The molecule has 3 heterocycles. The molecule has 0 aliphatic carbocycles. The monoisotopic (exact) mass is 568 g/mol. The first kappa shape index (κ1) is 30.0. The van der Waals surface area contributed by atoms with E-state index < -0.39 is 17.3 Å². The number of aromatic amines is 1. The number of aromatic nitrogens is 4. The quantitative estimate of drug-likeness (QED) is 0.187. The first-order chi connectivity index (χ1) is 19.4. The number of fused-ring (bicyclic) bond motifs is 2. The van der Waals surface area contributed by atoms with E-state index >= 15 is 0 Å². The van der Waals surface area contributed by atoms with Crippen LogP contribution < -0.4 is 16.6 Å². The molecule has 0 aromatic heterocycles. The van der Waals surface area contributed by atoms with Gasteiger partial charge in [0.25, 0.3) is 5.56 Å². The van der Waals surface area contributed by atoms with Crippen molar-refractivity contribution in [3.63, 3.8) is 0 Å². The Kier molecular flexibility index (Phi) is 8.98. The SMILES string of the molecule is CCOC(=O)CCCCCCn1c2nc(=O)[nH]c(=O)c-2nc2cc(C)c(N[C@@H]3CCN(C(=O)O)C3C(C)(C)C)cc21. The maximum absolute atomic E-state index is 12.6. The molecule has 1 aromatic rings. The average Bonchev–Trinajstić information content (AvgIpc) is 3.32. The van der Waals surface area contributed by atoms with Crippen molar-refractivity contribution in [3.8, 4) is 11.5 Å². The number of H-pyrrole nitrogens is 1. The van der Waals surface area contributed by atoms with E-state index in [2.05, 4.69) is 20.3 Å². The molecule has 222 valence electrons. The van der Waals surface area contributed by atoms with E-state index in [1.807, 2.05) is 44.4 Å². The topological polar surface area (TPSA) is 160 Å². The molecule has 3 N–H and O–H groups in total. The molecular weight excluding hydrogens is 528 g/mol. The third-order valence-corrected chi connectivity index (χ3v) is 7.64. The zero-order chi connectivity index (χ0) is 29.9. The Morgan fingerprint density at radius 1 is 1.15 bits per heavy atom. The van der Waals surface area contributed by atoms with Crippen LogP contribution in [0.5, 0.6) is 0 Å². The van der Waals surface area contributed by atoms with Crippen molar-refractivity contribution < 1.29 is 19.4 Å². The standard InChI is InChI=1S/C29H40N6O6/c1-6-41-22(36)11-9-7-8-10-13-34-21-16-19(30-18-12-14-35(28(39)40)24(18)29(3,4)5)17(2)15-20(21)31-23-25(34)32-27(38)33-26(23)37/h15-16,18,24,30H,6-14H2,1-5H3,(H,39,40)(H,33,37,38)/t18-,24?/m1/s1. The number of carbonyl (C=O) groups excluding carboxylic acids is 1. The van der Waals surface area contributed by atoms with E-state index in [-0.39, 0.29) is 35.0 Å². The van der Waals surface area contributed by atoms with Crippen molar-refractivity contribution in [2.75, 3.05) is 18.5 Å². The van der Waals surface area contributed by atoms with Gasteiger partial charge in [-0.05, 0) is 56.2 Å². The number of hydrogen-bond donors (Lipinski definition) is 3. The lowest BCUT2D eigenvalue weighted by atomic mass is 9.82. The number of carboxylic acid groups (broad SMARTS) is 1. The highest BCUT2D eigenvalue weighted by atomic mass is 16.5. The largest absolute Gasteiger partial charge is 0.466 e. The van der Waals surface area contributed by atoms with E-state index in [9.17, 15) is 24.3 Å². The molecule has 41 heavy (non-hydrogen) atoms. The third kappa shape index (κ3) is 6.68. The molecule has 0 radical (unpaired) electrons. The second kappa shape index (κ2) is 12.3. The van der Waals surface area contributed by atoms with E-state index in [0.29, 0.717) is 38.1 Å². The van der Waals surface area contributed by atoms with Crippen LogP contribution >= 0.6 is 0 Å². The fraction of sp³-hybridized carbons (Fsp3) is 0.586. The molecule has 1 unspecified atom stereocenters. The predicted molar refractivity (Wildman–Crippen MR) is 155 cm³/mol. The zero-order valence-electron chi connectivity index (χ0n) is 24.5. The summed E-state index contributed by atoms with van der Waals surface area (Å²) >= 11 is 0. The molecule has 12 heteroatoms. The van der Waals surface area contributed by atoms with E-state index in [0.717, 1.165) is 42.5 Å². The van der Waals surface area contributed by atoms with Crippen LogP contribution in [0.15, 0.2) is 21.7 Å². The smallest absolute Gasteiger partial charge is 0.407 e. The Balaban J connectivity index is 1.67. The number of unbranched alkanes of at least 4 members (excludes halogenated alkanes) is 3. The van der Waals surface area contributed by atoms with Crippen molar-refractivity contribution >= 4 is 28.8 Å². The number of nitrogens with zero attached hydrogens (tertiary/aromatic N) is 4. The minimum absolute atomic E-state index is 0.0974. The molecule has 3 aliphatic rings. The first-order valence-corrected chi connectivity index (χ1v) is 14.3. The number of ether oxygens (including phenoxy) is 1. The summed E-state index contributed by atoms with van der Waals surface area (Å²) in [6.45, 7) is 11.2. The highest BCUT2D eigenvalue weighted by Gasteiger charge is 2.44. The van der Waals surface area contributed by atoms with Gasteiger partial charge in [-0.3, -0.25) is 14.6 Å². The maximum Gasteiger partial charge on any atom is 0.407 e. The van der Waals surface area contributed by atoms with Crippen LogP contribution in [-0.4, -0.2) is 66.8 Å². The van der Waals surface area contributed by atoms with E-state index in [1.165, 1.54) is 4.90 Å². The zero-order valence-corrected chi connectivity index (χ0v) is 24.5. The molecule has 1 fully saturated rings. The lowest BCUT2D eigenvalue weighted by molar-refractivity contribution is -0.143. The molecule has 4 rings (SSSR count). The van der Waals surface area contributed by atoms with Crippen LogP contribution in [0.1, 0.15) is 71.8 Å². The molecule has 12 nitrogen and oxygen atoms in total. The molecule has 0 saturated carbocycles. The second-order valence-electron chi connectivity index (χ2n) is 11.8. The van der Waals surface area contributed by atoms with Crippen LogP contribution in [0, 0.1) is 12.3 Å². The summed E-state index contributed by atoms with van der Waals surface area (Å²) in [4.78, 5) is 60.8. The van der Waals surface area contributed by atoms with Crippen LogP contribution in [0.2, 0.25) is 0 Å². The van der Waals surface area contributed by atoms with Gasteiger partial charge in [0.1, 0.15) is 0 Å². The number of benzene rings is 1. The summed E-state index contributed by atoms with van der Waals surface area (Å²) in [6.07, 6.45) is 3.26. The molecule has 2 atom stereocenters. The van der Waals surface area contributed by atoms with Gasteiger partial charge >= 0.3 is 17.8 Å². The summed E-state index contributed by atoms with van der Waals surface area (Å²) in [5.74, 6) is 0.0234. The Hall–Kier alpha value is -3.96. The summed E-state index contributed by atoms with van der Waals surface area (Å²) < 4.78 is 6.85. The summed E-state index contributed by atoms with van der Waals surface area (Å²) in [6, 6.07) is 3.52. The molecule has 0 bridgehead atoms. The van der Waals surface area contributed by atoms with Gasteiger partial charge in [-0.1, -0.05) is 33.6 Å². The number of nitrogens with one attached hydrogen (secondary N) is 2. The van der Waals surface area contributed by atoms with Crippen molar-refractivity contribution in [3.05, 3.63) is 38.5 Å². The van der Waals surface area contributed by atoms with E-state index in [1.54, 1.807) is 6.92 Å².